The summed E-state index contributed by atoms with van der Waals surface area (Å²) in [5, 5.41) is 3.12. The molecule has 96 valence electrons. The Morgan fingerprint density at radius 1 is 1.21 bits per heavy atom. The molecule has 4 nitrogen and oxygen atoms in total. The standard InChI is InChI=1S/C14H13N3OS/c1-15-12-4-2-11(3-5-12)13-10-19-14(16-13)17-6-8-18-9-7-17/h2-5,10H,6-9H2. The molecule has 0 unspecified atom stereocenters. The van der Waals surface area contributed by atoms with Crippen LogP contribution in [0.4, 0.5) is 10.8 Å². The van der Waals surface area contributed by atoms with Crippen LogP contribution >= 0.6 is 11.3 Å². The van der Waals surface area contributed by atoms with Gasteiger partial charge in [0.25, 0.3) is 0 Å². The maximum absolute atomic E-state index is 6.95. The van der Waals surface area contributed by atoms with E-state index in [4.69, 9.17) is 11.3 Å². The van der Waals surface area contributed by atoms with E-state index in [2.05, 4.69) is 20.1 Å². The number of thiazole rings is 1. The van der Waals surface area contributed by atoms with Crippen LogP contribution < -0.4 is 4.90 Å². The Morgan fingerprint density at radius 3 is 2.63 bits per heavy atom. The number of hydrogen-bond acceptors (Lipinski definition) is 4. The van der Waals surface area contributed by atoms with Gasteiger partial charge in [0.15, 0.2) is 10.8 Å². The van der Waals surface area contributed by atoms with Crippen LogP contribution in [-0.4, -0.2) is 31.3 Å². The average Bonchev–Trinajstić information content (AvgIpc) is 2.98. The molecule has 1 aromatic carbocycles. The number of morpholine rings is 1. The van der Waals surface area contributed by atoms with E-state index >= 15 is 0 Å². The molecule has 1 saturated heterocycles. The highest BCUT2D eigenvalue weighted by molar-refractivity contribution is 7.14. The molecule has 1 fully saturated rings. The lowest BCUT2D eigenvalue weighted by Gasteiger charge is -2.26. The molecule has 0 N–H and O–H groups in total. The minimum absolute atomic E-state index is 0.660. The molecule has 3 rings (SSSR count). The van der Waals surface area contributed by atoms with Crippen molar-refractivity contribution in [3.05, 3.63) is 41.1 Å². The molecular formula is C14H13N3OS. The fourth-order valence-corrected chi connectivity index (χ4v) is 2.89. The van der Waals surface area contributed by atoms with Crippen LogP contribution in [0.2, 0.25) is 0 Å². The van der Waals surface area contributed by atoms with Gasteiger partial charge < -0.3 is 9.64 Å². The summed E-state index contributed by atoms with van der Waals surface area (Å²) in [6.07, 6.45) is 0. The topological polar surface area (TPSA) is 29.7 Å². The van der Waals surface area contributed by atoms with Crippen molar-refractivity contribution in [1.82, 2.24) is 4.98 Å². The summed E-state index contributed by atoms with van der Waals surface area (Å²) < 4.78 is 5.35. The van der Waals surface area contributed by atoms with Crippen LogP contribution in [-0.2, 0) is 4.74 Å². The lowest BCUT2D eigenvalue weighted by Crippen LogP contribution is -2.36. The SMILES string of the molecule is [C-]#[N+]c1ccc(-c2csc(N3CCOCC3)n2)cc1. The maximum atomic E-state index is 6.95. The predicted molar refractivity (Wildman–Crippen MR) is 76.8 cm³/mol. The Morgan fingerprint density at radius 2 is 1.95 bits per heavy atom. The quantitative estimate of drug-likeness (QED) is 0.786. The monoisotopic (exact) mass is 271 g/mol. The van der Waals surface area contributed by atoms with E-state index in [1.807, 2.05) is 24.3 Å². The molecular weight excluding hydrogens is 258 g/mol. The molecule has 0 radical (unpaired) electrons. The molecule has 0 bridgehead atoms. The predicted octanol–water partition coefficient (Wildman–Crippen LogP) is 3.20. The Hall–Kier alpha value is -1.90. The van der Waals surface area contributed by atoms with E-state index < -0.39 is 0 Å². The largest absolute Gasteiger partial charge is 0.378 e. The first-order valence-corrected chi connectivity index (χ1v) is 7.01. The highest BCUT2D eigenvalue weighted by Gasteiger charge is 2.15. The van der Waals surface area contributed by atoms with Crippen LogP contribution in [0.3, 0.4) is 0 Å². The van der Waals surface area contributed by atoms with Gasteiger partial charge >= 0.3 is 0 Å². The van der Waals surface area contributed by atoms with E-state index in [1.54, 1.807) is 11.3 Å². The zero-order chi connectivity index (χ0) is 13.1. The van der Waals surface area contributed by atoms with Crippen LogP contribution in [0.25, 0.3) is 16.1 Å². The zero-order valence-electron chi connectivity index (χ0n) is 10.4. The molecule has 0 aliphatic carbocycles. The number of anilines is 1. The molecule has 0 spiro atoms. The van der Waals surface area contributed by atoms with Crippen molar-refractivity contribution in [2.75, 3.05) is 31.2 Å². The second kappa shape index (κ2) is 5.39. The van der Waals surface area contributed by atoms with Gasteiger partial charge in [-0.25, -0.2) is 9.83 Å². The van der Waals surface area contributed by atoms with Gasteiger partial charge in [0, 0.05) is 18.5 Å². The molecule has 0 atom stereocenters. The Kier molecular flexibility index (Phi) is 3.45. The normalized spacial score (nSPS) is 15.2. The number of hydrogen-bond donors (Lipinski definition) is 0. The van der Waals surface area contributed by atoms with Crippen molar-refractivity contribution in [2.45, 2.75) is 0 Å². The van der Waals surface area contributed by atoms with Crippen molar-refractivity contribution in [3.8, 4) is 11.3 Å². The lowest BCUT2D eigenvalue weighted by atomic mass is 10.1. The van der Waals surface area contributed by atoms with Gasteiger partial charge in [-0.05, 0) is 5.56 Å². The summed E-state index contributed by atoms with van der Waals surface area (Å²) in [5.41, 5.74) is 2.69. The highest BCUT2D eigenvalue weighted by atomic mass is 32.1. The third kappa shape index (κ3) is 2.60. The molecule has 0 amide bonds. The first-order valence-electron chi connectivity index (χ1n) is 6.13. The van der Waals surface area contributed by atoms with Gasteiger partial charge in [0.05, 0.1) is 25.5 Å². The lowest BCUT2D eigenvalue weighted by molar-refractivity contribution is 0.122. The van der Waals surface area contributed by atoms with Gasteiger partial charge in [-0.1, -0.05) is 24.3 Å². The number of benzene rings is 1. The van der Waals surface area contributed by atoms with Crippen molar-refractivity contribution in [1.29, 1.82) is 0 Å². The smallest absolute Gasteiger partial charge is 0.187 e. The third-order valence-electron chi connectivity index (χ3n) is 3.07. The first-order chi connectivity index (χ1) is 9.36. The van der Waals surface area contributed by atoms with Crippen LogP contribution in [0.15, 0.2) is 29.6 Å². The highest BCUT2D eigenvalue weighted by Crippen LogP contribution is 2.28. The molecule has 1 aliphatic rings. The zero-order valence-corrected chi connectivity index (χ0v) is 11.2. The maximum Gasteiger partial charge on any atom is 0.187 e. The van der Waals surface area contributed by atoms with Gasteiger partial charge in [0.2, 0.25) is 0 Å². The van der Waals surface area contributed by atoms with Gasteiger partial charge in [-0.2, -0.15) is 0 Å². The minimum Gasteiger partial charge on any atom is -0.378 e. The average molecular weight is 271 g/mol. The van der Waals surface area contributed by atoms with Crippen LogP contribution in [0.5, 0.6) is 0 Å². The Labute approximate surface area is 116 Å². The van der Waals surface area contributed by atoms with Gasteiger partial charge in [-0.3, -0.25) is 0 Å². The fourth-order valence-electron chi connectivity index (χ4n) is 2.00. The van der Waals surface area contributed by atoms with E-state index in [0.717, 1.165) is 42.7 Å². The second-order valence-electron chi connectivity index (χ2n) is 4.27. The van der Waals surface area contributed by atoms with E-state index in [9.17, 15) is 0 Å². The summed E-state index contributed by atoms with van der Waals surface area (Å²) >= 11 is 1.66. The summed E-state index contributed by atoms with van der Waals surface area (Å²) in [7, 11) is 0. The third-order valence-corrected chi connectivity index (χ3v) is 3.97. The fraction of sp³-hybridized carbons (Fsp3) is 0.286. The molecule has 19 heavy (non-hydrogen) atoms. The summed E-state index contributed by atoms with van der Waals surface area (Å²) in [6.45, 7) is 10.3. The van der Waals surface area contributed by atoms with Gasteiger partial charge in [-0.15, -0.1) is 11.3 Å². The van der Waals surface area contributed by atoms with Crippen LogP contribution in [0.1, 0.15) is 0 Å². The molecule has 2 heterocycles. The molecule has 1 aliphatic heterocycles. The summed E-state index contributed by atoms with van der Waals surface area (Å²) in [6, 6.07) is 7.56. The van der Waals surface area contributed by atoms with Crippen molar-refractivity contribution in [3.63, 3.8) is 0 Å². The second-order valence-corrected chi connectivity index (χ2v) is 5.11. The van der Waals surface area contributed by atoms with Crippen LogP contribution in [0, 0.1) is 6.57 Å². The molecule has 0 saturated carbocycles. The van der Waals surface area contributed by atoms with Crippen molar-refractivity contribution >= 4 is 22.2 Å². The Balaban J connectivity index is 1.81. The van der Waals surface area contributed by atoms with Gasteiger partial charge in [0.1, 0.15) is 0 Å². The van der Waals surface area contributed by atoms with E-state index in [-0.39, 0.29) is 0 Å². The number of aromatic nitrogens is 1. The number of nitrogens with zero attached hydrogens (tertiary/aromatic N) is 3. The summed E-state index contributed by atoms with van der Waals surface area (Å²) in [4.78, 5) is 10.3. The number of rotatable bonds is 2. The number of ether oxygens (including phenoxy) is 1. The van der Waals surface area contributed by atoms with E-state index in [0.29, 0.717) is 5.69 Å². The Bertz CT molecular complexity index is 594. The van der Waals surface area contributed by atoms with Crippen molar-refractivity contribution in [2.24, 2.45) is 0 Å². The van der Waals surface area contributed by atoms with E-state index in [1.165, 1.54) is 0 Å². The molecule has 5 heteroatoms. The first kappa shape index (κ1) is 12.2. The molecule has 1 aromatic heterocycles. The minimum atomic E-state index is 0.660. The van der Waals surface area contributed by atoms with Crippen molar-refractivity contribution < 1.29 is 4.74 Å². The molecule has 2 aromatic rings. The summed E-state index contributed by atoms with van der Waals surface area (Å²) in [5.74, 6) is 0.